The molecular formula is C27H29F3N4O2. The number of halogens is 3. The minimum atomic E-state index is -4.69. The Morgan fingerprint density at radius 1 is 1.08 bits per heavy atom. The Hall–Kier alpha value is -3.49. The van der Waals surface area contributed by atoms with Crippen LogP contribution in [0.2, 0.25) is 0 Å². The van der Waals surface area contributed by atoms with E-state index < -0.39 is 6.36 Å². The zero-order chi connectivity index (χ0) is 25.3. The van der Waals surface area contributed by atoms with E-state index in [1.54, 1.807) is 12.1 Å². The van der Waals surface area contributed by atoms with E-state index in [0.717, 1.165) is 55.0 Å². The molecule has 36 heavy (non-hydrogen) atoms. The van der Waals surface area contributed by atoms with Crippen molar-refractivity contribution in [1.29, 1.82) is 0 Å². The lowest BCUT2D eigenvalue weighted by Gasteiger charge is -2.46. The molecule has 190 valence electrons. The zero-order valence-electron chi connectivity index (χ0n) is 20.1. The first-order valence-electron chi connectivity index (χ1n) is 12.2. The second-order valence-electron chi connectivity index (χ2n) is 9.55. The molecule has 0 bridgehead atoms. The van der Waals surface area contributed by atoms with Crippen LogP contribution in [0.25, 0.3) is 0 Å². The van der Waals surface area contributed by atoms with Crippen LogP contribution in [-0.2, 0) is 11.3 Å². The van der Waals surface area contributed by atoms with Crippen molar-refractivity contribution in [2.75, 3.05) is 29.9 Å². The lowest BCUT2D eigenvalue weighted by Crippen LogP contribution is -2.58. The highest BCUT2D eigenvalue weighted by Gasteiger charge is 2.32. The standard InChI is InChI=1S/C27H29F3N4O2/c1-33(22-16-34(17-22)21-10-12-23(13-11-21)36-27(28,29)30)20-8-6-18(7-9-20)15-31-26(35)25-14-19-4-2-3-5-24(19)32-25/h6-13,22H,2-5,14-17H2,1H3,(H,31,35). The molecule has 1 fully saturated rings. The molecule has 9 heteroatoms. The molecule has 6 nitrogen and oxygen atoms in total. The molecule has 3 aliphatic rings. The topological polar surface area (TPSA) is 57.2 Å². The van der Waals surface area contributed by atoms with Crippen molar-refractivity contribution in [3.63, 3.8) is 0 Å². The minimum Gasteiger partial charge on any atom is -0.406 e. The Labute approximate surface area is 208 Å². The SMILES string of the molecule is CN(c1ccc(CNC(=O)C2=NC3=C(CCCC3)C2)cc1)C1CN(c2ccc(OC(F)(F)F)cc2)C1. The summed E-state index contributed by atoms with van der Waals surface area (Å²) in [6, 6.07) is 14.4. The predicted molar refractivity (Wildman–Crippen MR) is 133 cm³/mol. The van der Waals surface area contributed by atoms with E-state index in [9.17, 15) is 18.0 Å². The molecule has 0 aromatic heterocycles. The Balaban J connectivity index is 1.08. The maximum atomic E-state index is 12.6. The van der Waals surface area contributed by atoms with Gasteiger partial charge in [-0.1, -0.05) is 12.1 Å². The van der Waals surface area contributed by atoms with Gasteiger partial charge >= 0.3 is 6.36 Å². The summed E-state index contributed by atoms with van der Waals surface area (Å²) in [4.78, 5) is 21.4. The first-order chi connectivity index (χ1) is 17.2. The highest BCUT2D eigenvalue weighted by Crippen LogP contribution is 2.33. The summed E-state index contributed by atoms with van der Waals surface area (Å²) in [5.41, 5.74) is 6.05. The van der Waals surface area contributed by atoms with Gasteiger partial charge < -0.3 is 19.9 Å². The normalized spacial score (nSPS) is 17.9. The predicted octanol–water partition coefficient (Wildman–Crippen LogP) is 5.20. The van der Waals surface area contributed by atoms with Crippen LogP contribution in [0.15, 0.2) is 64.8 Å². The molecule has 0 spiro atoms. The molecule has 2 aromatic rings. The van der Waals surface area contributed by atoms with Crippen LogP contribution in [0, 0.1) is 0 Å². The number of ether oxygens (including phenoxy) is 1. The molecule has 1 saturated heterocycles. The number of nitrogens with zero attached hydrogens (tertiary/aromatic N) is 3. The van der Waals surface area contributed by atoms with E-state index in [4.69, 9.17) is 0 Å². The van der Waals surface area contributed by atoms with Gasteiger partial charge in [0.1, 0.15) is 11.5 Å². The smallest absolute Gasteiger partial charge is 0.406 e. The van der Waals surface area contributed by atoms with Crippen molar-refractivity contribution in [2.24, 2.45) is 4.99 Å². The van der Waals surface area contributed by atoms with Gasteiger partial charge in [0.05, 0.1) is 6.04 Å². The van der Waals surface area contributed by atoms with Gasteiger partial charge in [0, 0.05) is 50.2 Å². The van der Waals surface area contributed by atoms with Crippen molar-refractivity contribution in [3.8, 4) is 5.75 Å². The van der Waals surface area contributed by atoms with E-state index in [2.05, 4.69) is 24.8 Å². The number of likely N-dealkylation sites (N-methyl/N-ethyl adjacent to an activating group) is 1. The van der Waals surface area contributed by atoms with E-state index in [-0.39, 0.29) is 11.7 Å². The summed E-state index contributed by atoms with van der Waals surface area (Å²) in [6.07, 6.45) is 0.404. The molecule has 2 aromatic carbocycles. The van der Waals surface area contributed by atoms with Gasteiger partial charge in [-0.05, 0) is 73.2 Å². The highest BCUT2D eigenvalue weighted by atomic mass is 19.4. The molecule has 0 saturated carbocycles. The quantitative estimate of drug-likeness (QED) is 0.570. The van der Waals surface area contributed by atoms with Crippen LogP contribution in [-0.4, -0.2) is 44.2 Å². The minimum absolute atomic E-state index is 0.0850. The van der Waals surface area contributed by atoms with Crippen LogP contribution >= 0.6 is 0 Å². The van der Waals surface area contributed by atoms with Crippen molar-refractivity contribution in [3.05, 3.63) is 65.4 Å². The fraction of sp³-hybridized carbons (Fsp3) is 0.407. The molecule has 1 aliphatic carbocycles. The largest absolute Gasteiger partial charge is 0.573 e. The van der Waals surface area contributed by atoms with Gasteiger partial charge in [-0.3, -0.25) is 9.79 Å². The van der Waals surface area contributed by atoms with Crippen molar-refractivity contribution < 1.29 is 22.7 Å². The summed E-state index contributed by atoms with van der Waals surface area (Å²) >= 11 is 0. The van der Waals surface area contributed by atoms with Crippen molar-refractivity contribution in [1.82, 2.24) is 5.32 Å². The molecule has 0 unspecified atom stereocenters. The lowest BCUT2D eigenvalue weighted by atomic mass is 9.95. The molecule has 1 N–H and O–H groups in total. The molecule has 2 heterocycles. The Morgan fingerprint density at radius 3 is 2.44 bits per heavy atom. The summed E-state index contributed by atoms with van der Waals surface area (Å²) in [5, 5.41) is 3.00. The first-order valence-corrected chi connectivity index (χ1v) is 12.2. The van der Waals surface area contributed by atoms with Gasteiger partial charge in [-0.15, -0.1) is 13.2 Å². The fourth-order valence-corrected chi connectivity index (χ4v) is 4.93. The number of aliphatic imine (C=N–C) groups is 1. The Morgan fingerprint density at radius 2 is 1.78 bits per heavy atom. The number of hydrogen-bond acceptors (Lipinski definition) is 5. The van der Waals surface area contributed by atoms with Crippen LogP contribution < -0.4 is 19.9 Å². The average Bonchev–Trinajstić information content (AvgIpc) is 3.26. The number of carbonyl (C=O) groups is 1. The maximum Gasteiger partial charge on any atom is 0.573 e. The van der Waals surface area contributed by atoms with Gasteiger partial charge in [-0.25, -0.2) is 0 Å². The third-order valence-electron chi connectivity index (χ3n) is 7.11. The van der Waals surface area contributed by atoms with Crippen molar-refractivity contribution >= 4 is 23.0 Å². The second kappa shape index (κ2) is 9.87. The second-order valence-corrected chi connectivity index (χ2v) is 9.55. The zero-order valence-corrected chi connectivity index (χ0v) is 20.1. The van der Waals surface area contributed by atoms with Gasteiger partial charge in [-0.2, -0.15) is 0 Å². The molecule has 5 rings (SSSR count). The van der Waals surface area contributed by atoms with Crippen LogP contribution in [0.4, 0.5) is 24.5 Å². The lowest BCUT2D eigenvalue weighted by molar-refractivity contribution is -0.274. The fourth-order valence-electron chi connectivity index (χ4n) is 4.93. The van der Waals surface area contributed by atoms with Crippen LogP contribution in [0.1, 0.15) is 37.7 Å². The average molecular weight is 499 g/mol. The summed E-state index contributed by atoms with van der Waals surface area (Å²) in [6.45, 7) is 2.00. The number of carbonyl (C=O) groups excluding carboxylic acids is 1. The van der Waals surface area contributed by atoms with E-state index in [0.29, 0.717) is 24.7 Å². The summed E-state index contributed by atoms with van der Waals surface area (Å²) in [5.74, 6) is -0.304. The first kappa shape index (κ1) is 24.2. The molecule has 0 radical (unpaired) electrons. The van der Waals surface area contributed by atoms with Crippen molar-refractivity contribution in [2.45, 2.75) is 51.1 Å². The van der Waals surface area contributed by atoms with Crippen LogP contribution in [0.3, 0.4) is 0 Å². The number of alkyl halides is 3. The summed E-state index contributed by atoms with van der Waals surface area (Å²) in [7, 11) is 2.03. The third-order valence-corrected chi connectivity index (χ3v) is 7.11. The van der Waals surface area contributed by atoms with Crippen LogP contribution in [0.5, 0.6) is 5.75 Å². The number of rotatable bonds is 7. The number of nitrogens with one attached hydrogen (secondary N) is 1. The number of amides is 1. The maximum absolute atomic E-state index is 12.6. The Kier molecular flexibility index (Phi) is 6.64. The highest BCUT2D eigenvalue weighted by molar-refractivity contribution is 6.40. The monoisotopic (exact) mass is 498 g/mol. The van der Waals surface area contributed by atoms with Gasteiger partial charge in [0.2, 0.25) is 0 Å². The van der Waals surface area contributed by atoms with E-state index in [1.807, 2.05) is 31.3 Å². The van der Waals surface area contributed by atoms with Gasteiger partial charge in [0.15, 0.2) is 0 Å². The number of benzene rings is 2. The number of allylic oxidation sites excluding steroid dienone is 2. The van der Waals surface area contributed by atoms with Gasteiger partial charge in [0.25, 0.3) is 5.91 Å². The number of hydrogen-bond donors (Lipinski definition) is 1. The molecule has 2 aliphatic heterocycles. The summed E-state index contributed by atoms with van der Waals surface area (Å²) < 4.78 is 40.9. The molecule has 0 atom stereocenters. The third kappa shape index (κ3) is 5.50. The number of anilines is 2. The molecule has 1 amide bonds. The van der Waals surface area contributed by atoms with E-state index >= 15 is 0 Å². The molecular weight excluding hydrogens is 469 g/mol. The van der Waals surface area contributed by atoms with E-state index in [1.165, 1.54) is 24.1 Å². The Bertz CT molecular complexity index is 1170.